The topological polar surface area (TPSA) is 66.9 Å². The molecule has 6 nitrogen and oxygen atoms in total. The van der Waals surface area contributed by atoms with Gasteiger partial charge < -0.3 is 9.64 Å². The van der Waals surface area contributed by atoms with Gasteiger partial charge in [0, 0.05) is 37.2 Å². The van der Waals surface area contributed by atoms with Gasteiger partial charge in [0.25, 0.3) is 0 Å². The van der Waals surface area contributed by atoms with Crippen molar-refractivity contribution in [3.05, 3.63) is 71.1 Å². The first-order chi connectivity index (χ1) is 16.1. The van der Waals surface area contributed by atoms with Gasteiger partial charge in [-0.05, 0) is 55.2 Å². The van der Waals surface area contributed by atoms with E-state index in [1.165, 1.54) is 16.4 Å². The number of amides is 1. The first-order valence-corrected chi connectivity index (χ1v) is 12.5. The summed E-state index contributed by atoms with van der Waals surface area (Å²) in [5.41, 5.74) is 1.06. The summed E-state index contributed by atoms with van der Waals surface area (Å²) < 4.78 is 69.8. The van der Waals surface area contributed by atoms with E-state index in [0.29, 0.717) is 50.4 Å². The van der Waals surface area contributed by atoms with Crippen LogP contribution in [-0.2, 0) is 34.0 Å². The predicted molar refractivity (Wildman–Crippen MR) is 120 cm³/mol. The number of carbonyl (C=O) groups is 1. The van der Waals surface area contributed by atoms with E-state index in [0.717, 1.165) is 28.7 Å². The standard InChI is InChI=1S/C24H25F3N2O4S/c1-2-34(31,32)29-13-4-6-18(16-29)23(30)28-14-12-21-17(15-28)5-3-7-22(21)33-20-10-8-19(9-11-20)24(25,26)27/h2-3,5,7-11,18H,1,4,6,12-16H2. The highest BCUT2D eigenvalue weighted by Gasteiger charge is 2.35. The third-order valence-electron chi connectivity index (χ3n) is 6.25. The monoisotopic (exact) mass is 494 g/mol. The van der Waals surface area contributed by atoms with Gasteiger partial charge in [-0.1, -0.05) is 18.7 Å². The Hall–Kier alpha value is -2.85. The lowest BCUT2D eigenvalue weighted by Crippen LogP contribution is -2.47. The Morgan fingerprint density at radius 2 is 1.85 bits per heavy atom. The van der Waals surface area contributed by atoms with E-state index in [9.17, 15) is 26.4 Å². The number of hydrogen-bond donors (Lipinski definition) is 0. The molecule has 0 aliphatic carbocycles. The number of fused-ring (bicyclic) bond motifs is 1. The van der Waals surface area contributed by atoms with Gasteiger partial charge >= 0.3 is 6.18 Å². The van der Waals surface area contributed by atoms with Crippen molar-refractivity contribution < 1.29 is 31.1 Å². The summed E-state index contributed by atoms with van der Waals surface area (Å²) >= 11 is 0. The van der Waals surface area contributed by atoms with Gasteiger partial charge in [0.15, 0.2) is 0 Å². The van der Waals surface area contributed by atoms with Gasteiger partial charge in [-0.2, -0.15) is 17.5 Å². The second-order valence-corrected chi connectivity index (χ2v) is 10.3. The van der Waals surface area contributed by atoms with E-state index in [4.69, 9.17) is 4.74 Å². The fourth-order valence-electron chi connectivity index (χ4n) is 4.44. The van der Waals surface area contributed by atoms with Crippen LogP contribution in [0.5, 0.6) is 11.5 Å². The predicted octanol–water partition coefficient (Wildman–Crippen LogP) is 4.57. The first-order valence-electron chi connectivity index (χ1n) is 11.0. The fourth-order valence-corrected chi connectivity index (χ4v) is 5.42. The lowest BCUT2D eigenvalue weighted by molar-refractivity contribution is -0.138. The summed E-state index contributed by atoms with van der Waals surface area (Å²) in [4.78, 5) is 14.9. The molecule has 0 bridgehead atoms. The Kier molecular flexibility index (Phi) is 6.73. The van der Waals surface area contributed by atoms with Crippen molar-refractivity contribution in [3.8, 4) is 11.5 Å². The van der Waals surface area contributed by atoms with Crippen molar-refractivity contribution in [2.75, 3.05) is 19.6 Å². The van der Waals surface area contributed by atoms with E-state index < -0.39 is 27.7 Å². The quantitative estimate of drug-likeness (QED) is 0.611. The number of piperidine rings is 1. The van der Waals surface area contributed by atoms with Gasteiger partial charge in [0.1, 0.15) is 11.5 Å². The van der Waals surface area contributed by atoms with Crippen LogP contribution in [0.4, 0.5) is 13.2 Å². The Labute approximate surface area is 196 Å². The van der Waals surface area contributed by atoms with Crippen molar-refractivity contribution >= 4 is 15.9 Å². The van der Waals surface area contributed by atoms with Crippen molar-refractivity contribution in [3.63, 3.8) is 0 Å². The number of hydrogen-bond acceptors (Lipinski definition) is 4. The zero-order chi connectivity index (χ0) is 24.5. The highest BCUT2D eigenvalue weighted by molar-refractivity contribution is 7.92. The number of alkyl halides is 3. The molecule has 0 spiro atoms. The van der Waals surface area contributed by atoms with Crippen LogP contribution in [0.2, 0.25) is 0 Å². The second kappa shape index (κ2) is 9.42. The maximum atomic E-state index is 13.2. The lowest BCUT2D eigenvalue weighted by atomic mass is 9.94. The number of sulfonamides is 1. The molecule has 2 aliphatic rings. The minimum atomic E-state index is -4.41. The van der Waals surface area contributed by atoms with E-state index in [2.05, 4.69) is 6.58 Å². The van der Waals surface area contributed by atoms with Gasteiger partial charge in [-0.25, -0.2) is 8.42 Å². The van der Waals surface area contributed by atoms with Crippen molar-refractivity contribution in [1.29, 1.82) is 0 Å². The molecule has 2 heterocycles. The SMILES string of the molecule is C=CS(=O)(=O)N1CCCC(C(=O)N2CCc3c(cccc3Oc3ccc(C(F)(F)F)cc3)C2)C1. The molecular weight excluding hydrogens is 469 g/mol. The number of benzene rings is 2. The van der Waals surface area contributed by atoms with Crippen molar-refractivity contribution in [1.82, 2.24) is 9.21 Å². The van der Waals surface area contributed by atoms with Crippen LogP contribution in [0.15, 0.2) is 54.5 Å². The summed E-state index contributed by atoms with van der Waals surface area (Å²) in [7, 11) is -3.57. The van der Waals surface area contributed by atoms with E-state index in [1.54, 1.807) is 17.0 Å². The molecule has 0 radical (unpaired) electrons. The summed E-state index contributed by atoms with van der Waals surface area (Å²) in [6, 6.07) is 9.96. The number of nitrogens with zero attached hydrogens (tertiary/aromatic N) is 2. The van der Waals surface area contributed by atoms with Crippen LogP contribution >= 0.6 is 0 Å². The molecule has 2 aliphatic heterocycles. The van der Waals surface area contributed by atoms with Crippen LogP contribution in [0.25, 0.3) is 0 Å². The van der Waals surface area contributed by atoms with Crippen molar-refractivity contribution in [2.24, 2.45) is 5.92 Å². The van der Waals surface area contributed by atoms with Gasteiger partial charge in [0.2, 0.25) is 15.9 Å². The molecule has 1 fully saturated rings. The molecule has 1 atom stereocenters. The third-order valence-corrected chi connectivity index (χ3v) is 7.72. The van der Waals surface area contributed by atoms with Crippen molar-refractivity contribution in [2.45, 2.75) is 32.0 Å². The van der Waals surface area contributed by atoms with Gasteiger partial charge in [0.05, 0.1) is 11.5 Å². The van der Waals surface area contributed by atoms with Crippen LogP contribution in [0, 0.1) is 5.92 Å². The molecule has 4 rings (SSSR count). The van der Waals surface area contributed by atoms with Crippen LogP contribution in [0.3, 0.4) is 0 Å². The maximum absolute atomic E-state index is 13.2. The first kappa shape index (κ1) is 24.3. The third kappa shape index (κ3) is 5.12. The minimum Gasteiger partial charge on any atom is -0.457 e. The van der Waals surface area contributed by atoms with Crippen LogP contribution in [-0.4, -0.2) is 43.2 Å². The summed E-state index contributed by atoms with van der Waals surface area (Å²) in [5, 5.41) is 0.912. The zero-order valence-electron chi connectivity index (χ0n) is 18.4. The smallest absolute Gasteiger partial charge is 0.416 e. The molecular formula is C24H25F3N2O4S. The summed E-state index contributed by atoms with van der Waals surface area (Å²) in [5.74, 6) is 0.358. The zero-order valence-corrected chi connectivity index (χ0v) is 19.2. The molecule has 2 aromatic carbocycles. The molecule has 1 amide bonds. The largest absolute Gasteiger partial charge is 0.457 e. The van der Waals surface area contributed by atoms with E-state index in [1.807, 2.05) is 6.07 Å². The number of rotatable bonds is 5. The Bertz CT molecular complexity index is 1180. The maximum Gasteiger partial charge on any atom is 0.416 e. The molecule has 0 aromatic heterocycles. The summed E-state index contributed by atoms with van der Waals surface area (Å²) in [6.07, 6.45) is -2.65. The fraction of sp³-hybridized carbons (Fsp3) is 0.375. The number of halogens is 3. The summed E-state index contributed by atoms with van der Waals surface area (Å²) in [6.45, 7) is 4.70. The number of carbonyl (C=O) groups excluding carboxylic acids is 1. The van der Waals surface area contributed by atoms with Crippen LogP contribution < -0.4 is 4.74 Å². The minimum absolute atomic E-state index is 0.0799. The Morgan fingerprint density at radius 3 is 2.53 bits per heavy atom. The highest BCUT2D eigenvalue weighted by Crippen LogP contribution is 2.35. The van der Waals surface area contributed by atoms with Crippen LogP contribution in [0.1, 0.15) is 29.5 Å². The molecule has 10 heteroatoms. The molecule has 1 saturated heterocycles. The van der Waals surface area contributed by atoms with E-state index >= 15 is 0 Å². The normalized spacial score (nSPS) is 19.4. The average Bonchev–Trinajstić information content (AvgIpc) is 2.83. The molecule has 2 aromatic rings. The molecule has 182 valence electrons. The van der Waals surface area contributed by atoms with Gasteiger partial charge in [-0.15, -0.1) is 0 Å². The Morgan fingerprint density at radius 1 is 1.12 bits per heavy atom. The lowest BCUT2D eigenvalue weighted by Gasteiger charge is -2.36. The average molecular weight is 495 g/mol. The second-order valence-electron chi connectivity index (χ2n) is 8.44. The molecule has 0 N–H and O–H groups in total. The Balaban J connectivity index is 1.46. The highest BCUT2D eigenvalue weighted by atomic mass is 32.2. The number of ether oxygens (including phenoxy) is 1. The van der Waals surface area contributed by atoms with E-state index in [-0.39, 0.29) is 12.5 Å². The molecule has 0 saturated carbocycles. The van der Waals surface area contributed by atoms with Gasteiger partial charge in [-0.3, -0.25) is 4.79 Å². The molecule has 34 heavy (non-hydrogen) atoms. The molecule has 1 unspecified atom stereocenters.